The standard InChI is InChI=1S/C11H10FN3OS/c1-7-14-4-8(17-7)5-15-11(16)9-2-3-13-6-10(9)12/h2-4,6H,5H2,1H3,(H,15,16). The first-order chi connectivity index (χ1) is 8.16. The predicted octanol–water partition coefficient (Wildman–Crippen LogP) is 1.92. The van der Waals surface area contributed by atoms with E-state index in [1.807, 2.05) is 6.92 Å². The van der Waals surface area contributed by atoms with Gasteiger partial charge in [-0.2, -0.15) is 0 Å². The quantitative estimate of drug-likeness (QED) is 0.906. The van der Waals surface area contributed by atoms with Crippen LogP contribution >= 0.6 is 11.3 Å². The average Bonchev–Trinajstić information content (AvgIpc) is 2.73. The number of carbonyl (C=O) groups is 1. The number of halogens is 1. The molecule has 17 heavy (non-hydrogen) atoms. The largest absolute Gasteiger partial charge is 0.347 e. The average molecular weight is 251 g/mol. The summed E-state index contributed by atoms with van der Waals surface area (Å²) < 4.78 is 13.2. The van der Waals surface area contributed by atoms with Crippen molar-refractivity contribution in [1.29, 1.82) is 0 Å². The molecular weight excluding hydrogens is 241 g/mol. The summed E-state index contributed by atoms with van der Waals surface area (Å²) in [5.74, 6) is -1.07. The highest BCUT2D eigenvalue weighted by Gasteiger charge is 2.11. The first kappa shape index (κ1) is 11.7. The van der Waals surface area contributed by atoms with E-state index in [9.17, 15) is 9.18 Å². The van der Waals surface area contributed by atoms with Gasteiger partial charge < -0.3 is 5.32 Å². The summed E-state index contributed by atoms with van der Waals surface area (Å²) in [5, 5.41) is 3.57. The van der Waals surface area contributed by atoms with Crippen LogP contribution in [0.5, 0.6) is 0 Å². The maximum atomic E-state index is 13.2. The lowest BCUT2D eigenvalue weighted by molar-refractivity contribution is 0.0947. The van der Waals surface area contributed by atoms with Crippen LogP contribution in [0.3, 0.4) is 0 Å². The Morgan fingerprint density at radius 3 is 3.00 bits per heavy atom. The lowest BCUT2D eigenvalue weighted by Crippen LogP contribution is -2.23. The van der Waals surface area contributed by atoms with Gasteiger partial charge in [-0.15, -0.1) is 11.3 Å². The SMILES string of the molecule is Cc1ncc(CNC(=O)c2ccncc2F)s1. The first-order valence-corrected chi connectivity index (χ1v) is 5.77. The fourth-order valence-corrected chi connectivity index (χ4v) is 2.04. The summed E-state index contributed by atoms with van der Waals surface area (Å²) in [6, 6.07) is 1.35. The molecule has 0 saturated heterocycles. The summed E-state index contributed by atoms with van der Waals surface area (Å²) in [6.07, 6.45) is 4.10. The van der Waals surface area contributed by atoms with Crippen molar-refractivity contribution < 1.29 is 9.18 Å². The highest BCUT2D eigenvalue weighted by Crippen LogP contribution is 2.11. The number of hydrogen-bond acceptors (Lipinski definition) is 4. The van der Waals surface area contributed by atoms with Crippen molar-refractivity contribution in [2.75, 3.05) is 0 Å². The van der Waals surface area contributed by atoms with Gasteiger partial charge in [0, 0.05) is 17.3 Å². The summed E-state index contributed by atoms with van der Waals surface area (Å²) >= 11 is 1.50. The van der Waals surface area contributed by atoms with Crippen LogP contribution in [-0.4, -0.2) is 15.9 Å². The number of nitrogens with one attached hydrogen (secondary N) is 1. The van der Waals surface area contributed by atoms with E-state index in [-0.39, 0.29) is 5.56 Å². The number of amides is 1. The van der Waals surface area contributed by atoms with Gasteiger partial charge in [0.2, 0.25) is 0 Å². The first-order valence-electron chi connectivity index (χ1n) is 4.96. The Balaban J connectivity index is 2.01. The van der Waals surface area contributed by atoms with Crippen LogP contribution in [0, 0.1) is 12.7 Å². The minimum atomic E-state index is -0.620. The summed E-state index contributed by atoms with van der Waals surface area (Å²) in [6.45, 7) is 2.24. The Kier molecular flexibility index (Phi) is 3.43. The van der Waals surface area contributed by atoms with Crippen LogP contribution in [0.4, 0.5) is 4.39 Å². The minimum Gasteiger partial charge on any atom is -0.347 e. The fraction of sp³-hybridized carbons (Fsp3) is 0.182. The van der Waals surface area contributed by atoms with Gasteiger partial charge in [-0.3, -0.25) is 9.78 Å². The number of carbonyl (C=O) groups excluding carboxylic acids is 1. The van der Waals surface area contributed by atoms with E-state index in [0.29, 0.717) is 6.54 Å². The Morgan fingerprint density at radius 1 is 1.53 bits per heavy atom. The highest BCUT2D eigenvalue weighted by molar-refractivity contribution is 7.11. The molecule has 0 aromatic carbocycles. The molecule has 0 radical (unpaired) electrons. The smallest absolute Gasteiger partial charge is 0.254 e. The zero-order valence-electron chi connectivity index (χ0n) is 9.11. The maximum absolute atomic E-state index is 13.2. The molecule has 4 nitrogen and oxygen atoms in total. The van der Waals surface area contributed by atoms with E-state index in [4.69, 9.17) is 0 Å². The molecule has 0 atom stereocenters. The van der Waals surface area contributed by atoms with Crippen molar-refractivity contribution in [3.8, 4) is 0 Å². The number of nitrogens with zero attached hydrogens (tertiary/aromatic N) is 2. The molecule has 1 N–H and O–H groups in total. The molecule has 0 unspecified atom stereocenters. The van der Waals surface area contributed by atoms with Crippen molar-refractivity contribution >= 4 is 17.2 Å². The number of thiazole rings is 1. The number of hydrogen-bond donors (Lipinski definition) is 1. The Bertz CT molecular complexity index is 541. The van der Waals surface area contributed by atoms with Crippen LogP contribution in [0.1, 0.15) is 20.2 Å². The molecule has 2 heterocycles. The fourth-order valence-electron chi connectivity index (χ4n) is 1.31. The van der Waals surface area contributed by atoms with Gasteiger partial charge in [0.1, 0.15) is 0 Å². The minimum absolute atomic E-state index is 0.00115. The molecule has 0 fully saturated rings. The molecule has 0 saturated carbocycles. The molecule has 1 amide bonds. The normalized spacial score (nSPS) is 10.2. The summed E-state index contributed by atoms with van der Waals surface area (Å²) in [5.41, 5.74) is 0.00115. The molecule has 0 bridgehead atoms. The molecule has 2 rings (SSSR count). The third kappa shape index (κ3) is 2.85. The number of aromatic nitrogens is 2. The van der Waals surface area contributed by atoms with Gasteiger partial charge in [-0.05, 0) is 13.0 Å². The topological polar surface area (TPSA) is 54.9 Å². The second-order valence-electron chi connectivity index (χ2n) is 3.38. The summed E-state index contributed by atoms with van der Waals surface area (Å²) in [7, 11) is 0. The predicted molar refractivity (Wildman–Crippen MR) is 62.2 cm³/mol. The van der Waals surface area contributed by atoms with Gasteiger partial charge >= 0.3 is 0 Å². The molecule has 0 aliphatic heterocycles. The van der Waals surface area contributed by atoms with Crippen LogP contribution in [0.25, 0.3) is 0 Å². The zero-order valence-corrected chi connectivity index (χ0v) is 9.92. The third-order valence-corrected chi connectivity index (χ3v) is 3.02. The van der Waals surface area contributed by atoms with Crippen molar-refractivity contribution in [3.63, 3.8) is 0 Å². The van der Waals surface area contributed by atoms with Crippen molar-refractivity contribution in [3.05, 3.63) is 45.9 Å². The maximum Gasteiger partial charge on any atom is 0.254 e. The lowest BCUT2D eigenvalue weighted by atomic mass is 10.2. The van der Waals surface area contributed by atoms with E-state index in [1.165, 1.54) is 23.6 Å². The monoisotopic (exact) mass is 251 g/mol. The molecule has 2 aromatic rings. The number of pyridine rings is 1. The van der Waals surface area contributed by atoms with E-state index in [2.05, 4.69) is 15.3 Å². The Morgan fingerprint density at radius 2 is 2.35 bits per heavy atom. The van der Waals surface area contributed by atoms with Crippen LogP contribution in [0.2, 0.25) is 0 Å². The molecule has 0 spiro atoms. The van der Waals surface area contributed by atoms with Crippen LogP contribution in [0.15, 0.2) is 24.7 Å². The number of rotatable bonds is 3. The molecule has 2 aromatic heterocycles. The van der Waals surface area contributed by atoms with Crippen LogP contribution in [-0.2, 0) is 6.54 Å². The molecular formula is C11H10FN3OS. The van der Waals surface area contributed by atoms with Gasteiger partial charge in [0.15, 0.2) is 5.82 Å². The van der Waals surface area contributed by atoms with Gasteiger partial charge in [0.25, 0.3) is 5.91 Å². The molecule has 88 valence electrons. The van der Waals surface area contributed by atoms with E-state index >= 15 is 0 Å². The second kappa shape index (κ2) is 5.01. The van der Waals surface area contributed by atoms with E-state index in [0.717, 1.165) is 16.1 Å². The molecule has 0 aliphatic carbocycles. The van der Waals surface area contributed by atoms with E-state index in [1.54, 1.807) is 6.20 Å². The highest BCUT2D eigenvalue weighted by atomic mass is 32.1. The van der Waals surface area contributed by atoms with Crippen molar-refractivity contribution in [2.45, 2.75) is 13.5 Å². The van der Waals surface area contributed by atoms with Gasteiger partial charge in [0.05, 0.1) is 23.3 Å². The second-order valence-corrected chi connectivity index (χ2v) is 4.70. The van der Waals surface area contributed by atoms with Crippen molar-refractivity contribution in [1.82, 2.24) is 15.3 Å². The molecule has 6 heteroatoms. The number of aryl methyl sites for hydroxylation is 1. The van der Waals surface area contributed by atoms with Gasteiger partial charge in [-0.1, -0.05) is 0 Å². The van der Waals surface area contributed by atoms with Gasteiger partial charge in [-0.25, -0.2) is 9.37 Å². The van der Waals surface area contributed by atoms with Crippen molar-refractivity contribution in [2.24, 2.45) is 0 Å². The van der Waals surface area contributed by atoms with E-state index < -0.39 is 11.7 Å². The summed E-state index contributed by atoms with van der Waals surface area (Å²) in [4.78, 5) is 20.2. The Labute approximate surface area is 102 Å². The third-order valence-electron chi connectivity index (χ3n) is 2.11. The molecule has 0 aliphatic rings. The van der Waals surface area contributed by atoms with Crippen LogP contribution < -0.4 is 5.32 Å². The lowest BCUT2D eigenvalue weighted by Gasteiger charge is -2.03. The Hall–Kier alpha value is -1.82. The zero-order chi connectivity index (χ0) is 12.3.